The monoisotopic (exact) mass is 435 g/mol. The average Bonchev–Trinajstić information content (AvgIpc) is 3.19. The molecule has 4 aromatic rings. The molecule has 0 atom stereocenters. The van der Waals surface area contributed by atoms with Crippen molar-refractivity contribution in [1.29, 1.82) is 0 Å². The highest BCUT2D eigenvalue weighted by atomic mass is 32.2. The van der Waals surface area contributed by atoms with E-state index >= 15 is 0 Å². The average molecular weight is 436 g/mol. The van der Waals surface area contributed by atoms with Crippen molar-refractivity contribution in [2.24, 2.45) is 0 Å². The maximum absolute atomic E-state index is 12.6. The van der Waals surface area contributed by atoms with E-state index in [4.69, 9.17) is 9.26 Å². The van der Waals surface area contributed by atoms with E-state index < -0.39 is 10.0 Å². The molecule has 4 rings (SSSR count). The Labute approximate surface area is 180 Å². The van der Waals surface area contributed by atoms with Crippen LogP contribution < -0.4 is 9.46 Å². The molecule has 0 radical (unpaired) electrons. The van der Waals surface area contributed by atoms with Crippen LogP contribution in [0.1, 0.15) is 5.76 Å². The Hall–Kier alpha value is -3.49. The van der Waals surface area contributed by atoms with E-state index in [2.05, 4.69) is 14.9 Å². The molecule has 31 heavy (non-hydrogen) atoms. The Morgan fingerprint density at radius 2 is 1.68 bits per heavy atom. The van der Waals surface area contributed by atoms with Crippen molar-refractivity contribution in [2.45, 2.75) is 11.8 Å². The number of ether oxygens (including phenoxy) is 1. The van der Waals surface area contributed by atoms with Crippen molar-refractivity contribution in [2.75, 3.05) is 13.2 Å². The number of aromatic nitrogens is 2. The van der Waals surface area contributed by atoms with Crippen molar-refractivity contribution < 1.29 is 17.7 Å². The second kappa shape index (κ2) is 9.11. The maximum atomic E-state index is 12.6. The number of sulfonamides is 1. The zero-order chi connectivity index (χ0) is 21.7. The number of nitrogens with zero attached hydrogens (tertiary/aromatic N) is 2. The van der Waals surface area contributed by atoms with Gasteiger partial charge in [0.2, 0.25) is 15.9 Å². The van der Waals surface area contributed by atoms with Crippen molar-refractivity contribution in [3.05, 3.63) is 84.8 Å². The highest BCUT2D eigenvalue weighted by Crippen LogP contribution is 2.34. The predicted molar refractivity (Wildman–Crippen MR) is 117 cm³/mol. The Balaban J connectivity index is 1.46. The first-order valence-electron chi connectivity index (χ1n) is 9.70. The van der Waals surface area contributed by atoms with Crippen LogP contribution >= 0.6 is 0 Å². The van der Waals surface area contributed by atoms with Crippen LogP contribution in [-0.2, 0) is 10.0 Å². The van der Waals surface area contributed by atoms with Gasteiger partial charge in [0.1, 0.15) is 18.1 Å². The maximum Gasteiger partial charge on any atom is 0.240 e. The Bertz CT molecular complexity index is 1240. The van der Waals surface area contributed by atoms with Crippen molar-refractivity contribution in [1.82, 2.24) is 14.9 Å². The van der Waals surface area contributed by atoms with Crippen LogP contribution in [0.25, 0.3) is 22.4 Å². The second-order valence-electron chi connectivity index (χ2n) is 6.77. The summed E-state index contributed by atoms with van der Waals surface area (Å²) in [4.78, 5) is 4.20. The largest absolute Gasteiger partial charge is 0.476 e. The number of hydrogen-bond donors (Lipinski definition) is 1. The summed E-state index contributed by atoms with van der Waals surface area (Å²) >= 11 is 0. The molecule has 7 nitrogen and oxygen atoms in total. The first-order valence-corrected chi connectivity index (χ1v) is 11.2. The van der Waals surface area contributed by atoms with Crippen molar-refractivity contribution in [3.63, 3.8) is 0 Å². The molecule has 158 valence electrons. The summed E-state index contributed by atoms with van der Waals surface area (Å²) in [6.45, 7) is 2.14. The molecule has 0 saturated carbocycles. The number of nitrogens with one attached hydrogen (secondary N) is 1. The molecule has 0 amide bonds. The number of rotatable bonds is 8. The van der Waals surface area contributed by atoms with E-state index in [1.54, 1.807) is 48.7 Å². The Kier molecular flexibility index (Phi) is 6.11. The van der Waals surface area contributed by atoms with Gasteiger partial charge in [0.15, 0.2) is 0 Å². The van der Waals surface area contributed by atoms with Gasteiger partial charge in [-0.3, -0.25) is 0 Å². The molecule has 0 saturated heterocycles. The lowest BCUT2D eigenvalue weighted by atomic mass is 10.00. The molecule has 0 unspecified atom stereocenters. The zero-order valence-electron chi connectivity index (χ0n) is 16.9. The Morgan fingerprint density at radius 1 is 0.935 bits per heavy atom. The predicted octanol–water partition coefficient (Wildman–Crippen LogP) is 4.07. The quantitative estimate of drug-likeness (QED) is 0.419. The molecule has 0 bridgehead atoms. The minimum atomic E-state index is -3.66. The van der Waals surface area contributed by atoms with Crippen LogP contribution in [0.5, 0.6) is 5.88 Å². The van der Waals surface area contributed by atoms with Gasteiger partial charge in [-0.15, -0.1) is 0 Å². The lowest BCUT2D eigenvalue weighted by Gasteiger charge is -2.09. The molecule has 2 heterocycles. The van der Waals surface area contributed by atoms with E-state index in [0.29, 0.717) is 11.6 Å². The third-order valence-corrected chi connectivity index (χ3v) is 6.12. The fourth-order valence-electron chi connectivity index (χ4n) is 3.15. The van der Waals surface area contributed by atoms with E-state index in [0.717, 1.165) is 22.4 Å². The molecule has 0 spiro atoms. The van der Waals surface area contributed by atoms with E-state index in [-0.39, 0.29) is 18.0 Å². The second-order valence-corrected chi connectivity index (χ2v) is 8.53. The summed E-state index contributed by atoms with van der Waals surface area (Å²) in [5.74, 6) is 1.11. The van der Waals surface area contributed by atoms with Gasteiger partial charge in [-0.05, 0) is 30.7 Å². The molecular weight excluding hydrogens is 414 g/mol. The summed E-state index contributed by atoms with van der Waals surface area (Å²) in [6.07, 6.45) is 1.61. The lowest BCUT2D eigenvalue weighted by Crippen LogP contribution is -2.28. The van der Waals surface area contributed by atoms with E-state index in [1.807, 2.05) is 37.3 Å². The lowest BCUT2D eigenvalue weighted by molar-refractivity contribution is 0.310. The fraction of sp³-hybridized carbons (Fsp3) is 0.130. The first-order chi connectivity index (χ1) is 15.0. The Morgan fingerprint density at radius 3 is 2.39 bits per heavy atom. The van der Waals surface area contributed by atoms with Gasteiger partial charge < -0.3 is 9.26 Å². The minimum Gasteiger partial charge on any atom is -0.476 e. The van der Waals surface area contributed by atoms with Gasteiger partial charge in [-0.1, -0.05) is 53.7 Å². The van der Waals surface area contributed by atoms with Crippen molar-refractivity contribution >= 4 is 10.0 Å². The molecule has 0 aliphatic rings. The minimum absolute atomic E-state index is 0.129. The molecule has 0 aliphatic carbocycles. The van der Waals surface area contributed by atoms with Crippen molar-refractivity contribution in [3.8, 4) is 28.3 Å². The fourth-order valence-corrected chi connectivity index (χ4v) is 4.17. The molecule has 0 fully saturated rings. The number of benzene rings is 2. The normalized spacial score (nSPS) is 11.4. The van der Waals surface area contributed by atoms with Gasteiger partial charge in [-0.2, -0.15) is 0 Å². The van der Waals surface area contributed by atoms with Gasteiger partial charge >= 0.3 is 0 Å². The van der Waals surface area contributed by atoms with Crippen LogP contribution in [0.3, 0.4) is 0 Å². The smallest absolute Gasteiger partial charge is 0.240 e. The molecule has 0 aliphatic heterocycles. The summed E-state index contributed by atoms with van der Waals surface area (Å²) in [5, 5.41) is 4.18. The van der Waals surface area contributed by atoms with Crippen LogP contribution in [-0.4, -0.2) is 31.7 Å². The van der Waals surface area contributed by atoms with Gasteiger partial charge in [0.25, 0.3) is 0 Å². The zero-order valence-corrected chi connectivity index (χ0v) is 17.7. The van der Waals surface area contributed by atoms with Crippen LogP contribution in [0.15, 0.2) is 88.4 Å². The third-order valence-electron chi connectivity index (χ3n) is 4.65. The highest BCUT2D eigenvalue weighted by Gasteiger charge is 2.18. The van der Waals surface area contributed by atoms with Gasteiger partial charge in [0, 0.05) is 24.4 Å². The van der Waals surface area contributed by atoms with E-state index in [9.17, 15) is 8.42 Å². The SMILES string of the molecule is Cc1onc(-c2ccccc2)c1-c1ccc(S(=O)(=O)NCCOc2ccccn2)cc1. The first kappa shape index (κ1) is 20.8. The van der Waals surface area contributed by atoms with Crippen LogP contribution in [0, 0.1) is 6.92 Å². The third kappa shape index (κ3) is 4.82. The summed E-state index contributed by atoms with van der Waals surface area (Å²) in [5.41, 5.74) is 3.32. The summed E-state index contributed by atoms with van der Waals surface area (Å²) in [7, 11) is -3.66. The number of pyridine rings is 1. The summed E-state index contributed by atoms with van der Waals surface area (Å²) < 4.78 is 38.5. The van der Waals surface area contributed by atoms with Crippen LogP contribution in [0.2, 0.25) is 0 Å². The standard InChI is InChI=1S/C23H21N3O4S/c1-17-22(23(26-30-17)19-7-3-2-4-8-19)18-10-12-20(13-11-18)31(27,28)25-15-16-29-21-9-5-6-14-24-21/h2-14,25H,15-16H2,1H3. The highest BCUT2D eigenvalue weighted by molar-refractivity contribution is 7.89. The molecule has 1 N–H and O–H groups in total. The topological polar surface area (TPSA) is 94.3 Å². The molecular formula is C23H21N3O4S. The van der Waals surface area contributed by atoms with Crippen LogP contribution in [0.4, 0.5) is 0 Å². The number of aryl methyl sites for hydroxylation is 1. The number of hydrogen-bond acceptors (Lipinski definition) is 6. The molecule has 2 aromatic heterocycles. The molecule has 2 aromatic carbocycles. The van der Waals surface area contributed by atoms with Gasteiger partial charge in [0.05, 0.1) is 10.5 Å². The summed E-state index contributed by atoms with van der Waals surface area (Å²) in [6, 6.07) is 21.6. The van der Waals surface area contributed by atoms with E-state index in [1.165, 1.54) is 0 Å². The van der Waals surface area contributed by atoms with Gasteiger partial charge in [-0.25, -0.2) is 18.1 Å². The molecule has 8 heteroatoms.